The van der Waals surface area contributed by atoms with Gasteiger partial charge in [-0.2, -0.15) is 0 Å². The van der Waals surface area contributed by atoms with Gasteiger partial charge in [0, 0.05) is 7.05 Å². The van der Waals surface area contributed by atoms with Crippen LogP contribution in [0.1, 0.15) is 25.6 Å². The first-order valence-electron chi connectivity index (χ1n) is 8.38. The van der Waals surface area contributed by atoms with Gasteiger partial charge in [0.1, 0.15) is 16.3 Å². The molecule has 10 heteroatoms. The van der Waals surface area contributed by atoms with Gasteiger partial charge in [0.05, 0.1) is 10.9 Å². The van der Waals surface area contributed by atoms with E-state index >= 15 is 0 Å². The number of thiophene rings is 1. The average Bonchev–Trinajstić information content (AvgIpc) is 3.15. The van der Waals surface area contributed by atoms with Gasteiger partial charge < -0.3 is 10.5 Å². The molecule has 0 spiro atoms. The highest BCUT2D eigenvalue weighted by Crippen LogP contribution is 2.22. The third-order valence-electron chi connectivity index (χ3n) is 4.15. The van der Waals surface area contributed by atoms with Crippen LogP contribution in [0.4, 0.5) is 5.82 Å². The van der Waals surface area contributed by atoms with Crippen molar-refractivity contribution in [2.45, 2.75) is 6.54 Å². The molecule has 0 unspecified atom stereocenters. The number of nitrogen functional groups attached to an aromatic ring is 1. The largest absolute Gasteiger partial charge is 0.453 e. The van der Waals surface area contributed by atoms with Gasteiger partial charge >= 0.3 is 11.7 Å². The maximum Gasteiger partial charge on any atom is 0.348 e. The molecule has 0 aliphatic rings. The molecule has 8 nitrogen and oxygen atoms in total. The monoisotopic (exact) mass is 433 g/mol. The number of hydrogen-bond donors (Lipinski definition) is 1. The van der Waals surface area contributed by atoms with Crippen molar-refractivity contribution in [3.63, 3.8) is 0 Å². The van der Waals surface area contributed by atoms with Gasteiger partial charge in [-0.25, -0.2) is 9.59 Å². The number of esters is 1. The highest BCUT2D eigenvalue weighted by Gasteiger charge is 2.23. The molecular formula is C19H16ClN3O5S. The number of carbonyl (C=O) groups excluding carboxylic acids is 2. The van der Waals surface area contributed by atoms with Gasteiger partial charge in [-0.05, 0) is 17.7 Å². The Labute approximate surface area is 173 Å². The molecule has 2 heterocycles. The fourth-order valence-corrected chi connectivity index (χ4v) is 3.60. The maximum atomic E-state index is 12.6. The molecular weight excluding hydrogens is 418 g/mol. The van der Waals surface area contributed by atoms with Crippen LogP contribution >= 0.6 is 22.9 Å². The average molecular weight is 434 g/mol. The molecule has 0 radical (unpaired) electrons. The maximum absolute atomic E-state index is 12.6. The van der Waals surface area contributed by atoms with E-state index in [0.717, 1.165) is 26.0 Å². The van der Waals surface area contributed by atoms with Gasteiger partial charge in [0.25, 0.3) is 5.56 Å². The quantitative estimate of drug-likeness (QED) is 0.469. The summed E-state index contributed by atoms with van der Waals surface area (Å²) >= 11 is 6.77. The van der Waals surface area contributed by atoms with Crippen molar-refractivity contribution < 1.29 is 14.3 Å². The van der Waals surface area contributed by atoms with E-state index in [1.807, 2.05) is 6.07 Å². The number of nitrogens with two attached hydrogens (primary N) is 1. The van der Waals surface area contributed by atoms with Crippen molar-refractivity contribution in [3.8, 4) is 0 Å². The summed E-state index contributed by atoms with van der Waals surface area (Å²) in [4.78, 5) is 49.8. The van der Waals surface area contributed by atoms with Crippen LogP contribution in [-0.4, -0.2) is 27.5 Å². The van der Waals surface area contributed by atoms with Crippen molar-refractivity contribution in [3.05, 3.63) is 83.6 Å². The number of rotatable bonds is 6. The number of aromatic nitrogens is 2. The first-order chi connectivity index (χ1) is 13.8. The molecule has 0 bridgehead atoms. The minimum atomic E-state index is -0.850. The molecule has 0 amide bonds. The van der Waals surface area contributed by atoms with E-state index in [2.05, 4.69) is 0 Å². The van der Waals surface area contributed by atoms with E-state index in [-0.39, 0.29) is 17.2 Å². The van der Waals surface area contributed by atoms with Crippen LogP contribution in [0.2, 0.25) is 4.34 Å². The van der Waals surface area contributed by atoms with Crippen LogP contribution < -0.4 is 17.0 Å². The Morgan fingerprint density at radius 3 is 2.45 bits per heavy atom. The third kappa shape index (κ3) is 4.30. The lowest BCUT2D eigenvalue weighted by Crippen LogP contribution is -2.43. The van der Waals surface area contributed by atoms with Crippen LogP contribution in [0, 0.1) is 0 Å². The van der Waals surface area contributed by atoms with E-state index in [4.69, 9.17) is 22.1 Å². The smallest absolute Gasteiger partial charge is 0.348 e. The highest BCUT2D eigenvalue weighted by atomic mass is 35.5. The Morgan fingerprint density at radius 2 is 1.83 bits per heavy atom. The molecule has 0 saturated heterocycles. The first kappa shape index (κ1) is 20.6. The van der Waals surface area contributed by atoms with Crippen molar-refractivity contribution in [1.82, 2.24) is 9.13 Å². The van der Waals surface area contributed by atoms with Crippen molar-refractivity contribution in [2.24, 2.45) is 7.05 Å². The second-order valence-electron chi connectivity index (χ2n) is 6.08. The zero-order valence-corrected chi connectivity index (χ0v) is 16.8. The molecule has 0 fully saturated rings. The lowest BCUT2D eigenvalue weighted by Gasteiger charge is -2.14. The Kier molecular flexibility index (Phi) is 6.00. The number of Topliss-reactive ketones (excluding diaryl/α,β-unsaturated/α-hetero) is 1. The number of ketones is 1. The zero-order valence-electron chi connectivity index (χ0n) is 15.3. The van der Waals surface area contributed by atoms with E-state index in [1.54, 1.807) is 24.3 Å². The van der Waals surface area contributed by atoms with Gasteiger partial charge in [0.15, 0.2) is 6.61 Å². The van der Waals surface area contributed by atoms with Gasteiger partial charge in [0.2, 0.25) is 5.78 Å². The second-order valence-corrected chi connectivity index (χ2v) is 7.80. The Morgan fingerprint density at radius 1 is 1.14 bits per heavy atom. The number of ether oxygens (including phenoxy) is 1. The molecule has 0 atom stereocenters. The minimum absolute atomic E-state index is 0.0768. The van der Waals surface area contributed by atoms with E-state index in [0.29, 0.717) is 4.34 Å². The summed E-state index contributed by atoms with van der Waals surface area (Å²) in [5.41, 5.74) is 4.85. The summed E-state index contributed by atoms with van der Waals surface area (Å²) in [6.45, 7) is -0.620. The topological polar surface area (TPSA) is 113 Å². The fraction of sp³-hybridized carbons (Fsp3) is 0.158. The van der Waals surface area contributed by atoms with Gasteiger partial charge in [-0.3, -0.25) is 18.7 Å². The number of carbonyl (C=O) groups is 2. The number of nitrogens with zero attached hydrogens (tertiary/aromatic N) is 2. The van der Waals surface area contributed by atoms with E-state index in [1.165, 1.54) is 19.2 Å². The molecule has 1 aromatic carbocycles. The Balaban J connectivity index is 1.90. The van der Waals surface area contributed by atoms with Crippen LogP contribution in [0.25, 0.3) is 0 Å². The summed E-state index contributed by atoms with van der Waals surface area (Å²) in [5.74, 6) is -1.83. The van der Waals surface area contributed by atoms with E-state index in [9.17, 15) is 19.2 Å². The molecule has 2 N–H and O–H groups in total. The van der Waals surface area contributed by atoms with Crippen molar-refractivity contribution in [1.29, 1.82) is 0 Å². The number of hydrogen-bond acceptors (Lipinski definition) is 7. The summed E-state index contributed by atoms with van der Waals surface area (Å²) in [7, 11) is 1.25. The summed E-state index contributed by atoms with van der Waals surface area (Å²) in [6, 6.07) is 12.0. The highest BCUT2D eigenvalue weighted by molar-refractivity contribution is 7.17. The van der Waals surface area contributed by atoms with E-state index < -0.39 is 35.2 Å². The Hall–Kier alpha value is -3.17. The molecule has 0 aliphatic heterocycles. The predicted octanol–water partition coefficient (Wildman–Crippen LogP) is 1.93. The minimum Gasteiger partial charge on any atom is -0.453 e. The lowest BCUT2D eigenvalue weighted by atomic mass is 10.2. The molecule has 3 rings (SSSR count). The molecule has 29 heavy (non-hydrogen) atoms. The fourth-order valence-electron chi connectivity index (χ4n) is 2.66. The molecule has 3 aromatic rings. The normalized spacial score (nSPS) is 10.7. The first-order valence-corrected chi connectivity index (χ1v) is 9.58. The molecule has 2 aromatic heterocycles. The number of anilines is 1. The van der Waals surface area contributed by atoms with Crippen LogP contribution in [0.3, 0.4) is 0 Å². The summed E-state index contributed by atoms with van der Waals surface area (Å²) in [5, 5.41) is 0. The standard InChI is InChI=1S/C19H16ClN3O5S/c1-22-17(25)15(12(24)10-28-18(26)13-7-8-14(20)29-13)16(21)23(19(22)27)9-11-5-3-2-4-6-11/h2-8H,9-10,21H2,1H3. The molecule has 150 valence electrons. The molecule has 0 saturated carbocycles. The van der Waals surface area contributed by atoms with Crippen LogP contribution in [0.5, 0.6) is 0 Å². The summed E-state index contributed by atoms with van der Waals surface area (Å²) < 4.78 is 7.29. The van der Waals surface area contributed by atoms with Crippen molar-refractivity contribution in [2.75, 3.05) is 12.3 Å². The van der Waals surface area contributed by atoms with Crippen LogP contribution in [0.15, 0.2) is 52.1 Å². The van der Waals surface area contributed by atoms with Crippen molar-refractivity contribution >= 4 is 40.5 Å². The predicted molar refractivity (Wildman–Crippen MR) is 110 cm³/mol. The Bertz CT molecular complexity index is 1200. The molecule has 0 aliphatic carbocycles. The lowest BCUT2D eigenvalue weighted by molar-refractivity contribution is 0.0479. The SMILES string of the molecule is Cn1c(=O)c(C(=O)COC(=O)c2ccc(Cl)s2)c(N)n(Cc2ccccc2)c1=O. The van der Waals surface area contributed by atoms with Gasteiger partial charge in [-0.1, -0.05) is 41.9 Å². The number of benzene rings is 1. The van der Waals surface area contributed by atoms with Gasteiger partial charge in [-0.15, -0.1) is 11.3 Å². The second kappa shape index (κ2) is 8.46. The zero-order chi connectivity index (χ0) is 21.1. The third-order valence-corrected chi connectivity index (χ3v) is 5.37. The summed E-state index contributed by atoms with van der Waals surface area (Å²) in [6.07, 6.45) is 0. The number of halogens is 1. The van der Waals surface area contributed by atoms with Crippen LogP contribution in [-0.2, 0) is 18.3 Å².